The van der Waals surface area contributed by atoms with Crippen molar-refractivity contribution in [1.82, 2.24) is 15.3 Å². The fraction of sp³-hybridized carbons (Fsp3) is 0. The van der Waals surface area contributed by atoms with Gasteiger partial charge < -0.3 is 5.11 Å². The van der Waals surface area contributed by atoms with Crippen molar-refractivity contribution in [3.8, 4) is 0 Å². The number of rotatable bonds is 1. The highest BCUT2D eigenvalue weighted by Gasteiger charge is 2.22. The SMILES string of the molecule is O=C(O)C1=C[N]c2nccnc21. The third-order valence-corrected chi connectivity index (χ3v) is 1.48. The Morgan fingerprint density at radius 2 is 2.08 bits per heavy atom. The van der Waals surface area contributed by atoms with Crippen LogP contribution in [0.1, 0.15) is 5.69 Å². The molecule has 0 spiro atoms. The summed E-state index contributed by atoms with van der Waals surface area (Å²) >= 11 is 0. The van der Waals surface area contributed by atoms with E-state index in [0.717, 1.165) is 0 Å². The van der Waals surface area contributed by atoms with Crippen molar-refractivity contribution in [2.24, 2.45) is 0 Å². The number of carboxylic acids is 1. The van der Waals surface area contributed by atoms with Crippen molar-refractivity contribution in [1.29, 1.82) is 0 Å². The molecule has 1 aliphatic rings. The third kappa shape index (κ3) is 0.833. The Kier molecular flexibility index (Phi) is 1.30. The van der Waals surface area contributed by atoms with Gasteiger partial charge in [-0.2, -0.15) is 0 Å². The van der Waals surface area contributed by atoms with E-state index in [2.05, 4.69) is 15.3 Å². The average Bonchev–Trinajstić information content (AvgIpc) is 2.47. The van der Waals surface area contributed by atoms with E-state index in [-0.39, 0.29) is 5.57 Å². The van der Waals surface area contributed by atoms with Gasteiger partial charge in [-0.05, 0) is 0 Å². The van der Waals surface area contributed by atoms with E-state index in [9.17, 15) is 4.79 Å². The molecule has 5 nitrogen and oxygen atoms in total. The molecule has 59 valence electrons. The lowest BCUT2D eigenvalue weighted by Crippen LogP contribution is -1.98. The van der Waals surface area contributed by atoms with Crippen molar-refractivity contribution < 1.29 is 9.90 Å². The van der Waals surface area contributed by atoms with Crippen LogP contribution in [0.25, 0.3) is 5.57 Å². The number of nitrogens with zero attached hydrogens (tertiary/aromatic N) is 3. The van der Waals surface area contributed by atoms with Crippen molar-refractivity contribution in [3.63, 3.8) is 0 Å². The summed E-state index contributed by atoms with van der Waals surface area (Å²) in [5, 5.41) is 12.4. The number of carbonyl (C=O) groups is 1. The average molecular weight is 162 g/mol. The smallest absolute Gasteiger partial charge is 0.339 e. The monoisotopic (exact) mass is 162 g/mol. The molecule has 0 fully saturated rings. The molecule has 0 saturated heterocycles. The number of hydrogen-bond acceptors (Lipinski definition) is 3. The minimum Gasteiger partial charge on any atom is -0.478 e. The molecule has 1 radical (unpaired) electrons. The molecule has 12 heavy (non-hydrogen) atoms. The fourth-order valence-electron chi connectivity index (χ4n) is 0.958. The first kappa shape index (κ1) is 6.78. The molecule has 0 unspecified atom stereocenters. The lowest BCUT2D eigenvalue weighted by atomic mass is 10.2. The van der Waals surface area contributed by atoms with Gasteiger partial charge in [-0.15, -0.1) is 0 Å². The van der Waals surface area contributed by atoms with E-state index in [1.165, 1.54) is 18.6 Å². The van der Waals surface area contributed by atoms with E-state index in [4.69, 9.17) is 5.11 Å². The first-order valence-corrected chi connectivity index (χ1v) is 3.25. The summed E-state index contributed by atoms with van der Waals surface area (Å²) in [6, 6.07) is 0. The van der Waals surface area contributed by atoms with Crippen LogP contribution >= 0.6 is 0 Å². The van der Waals surface area contributed by atoms with Crippen LogP contribution in [0.15, 0.2) is 18.6 Å². The van der Waals surface area contributed by atoms with Crippen molar-refractivity contribution >= 4 is 17.4 Å². The lowest BCUT2D eigenvalue weighted by Gasteiger charge is -1.94. The number of hydrogen-bond donors (Lipinski definition) is 1. The summed E-state index contributed by atoms with van der Waals surface area (Å²) in [7, 11) is 0. The van der Waals surface area contributed by atoms with Gasteiger partial charge in [-0.3, -0.25) is 4.98 Å². The Morgan fingerprint density at radius 3 is 2.83 bits per heavy atom. The predicted octanol–water partition coefficient (Wildman–Crippen LogP) is 0.152. The summed E-state index contributed by atoms with van der Waals surface area (Å²) in [6.07, 6.45) is 4.17. The van der Waals surface area contributed by atoms with Gasteiger partial charge in [0.15, 0.2) is 5.82 Å². The van der Waals surface area contributed by atoms with Crippen LogP contribution in [0, 0.1) is 0 Å². The highest BCUT2D eigenvalue weighted by Crippen LogP contribution is 2.24. The van der Waals surface area contributed by atoms with E-state index in [1.807, 2.05) is 0 Å². The first-order valence-electron chi connectivity index (χ1n) is 3.25. The Labute approximate surface area is 67.8 Å². The molecule has 1 N–H and O–H groups in total. The van der Waals surface area contributed by atoms with Gasteiger partial charge in [-0.1, -0.05) is 0 Å². The van der Waals surface area contributed by atoms with E-state index < -0.39 is 5.97 Å². The van der Waals surface area contributed by atoms with Gasteiger partial charge in [0.1, 0.15) is 11.3 Å². The summed E-state index contributed by atoms with van der Waals surface area (Å²) in [5.41, 5.74) is 0.433. The Hall–Kier alpha value is -1.91. The summed E-state index contributed by atoms with van der Waals surface area (Å²) < 4.78 is 0. The zero-order valence-corrected chi connectivity index (χ0v) is 5.93. The maximum absolute atomic E-state index is 10.6. The summed E-state index contributed by atoms with van der Waals surface area (Å²) in [6.45, 7) is 0. The number of aromatic nitrogens is 2. The van der Waals surface area contributed by atoms with Gasteiger partial charge in [0.05, 0.1) is 0 Å². The lowest BCUT2D eigenvalue weighted by molar-refractivity contribution is -0.130. The molecule has 0 aromatic carbocycles. The van der Waals surface area contributed by atoms with Crippen molar-refractivity contribution in [2.45, 2.75) is 0 Å². The molecule has 5 heteroatoms. The minimum absolute atomic E-state index is 0.0955. The maximum atomic E-state index is 10.6. The summed E-state index contributed by atoms with van der Waals surface area (Å²) in [4.78, 5) is 18.3. The molecule has 2 rings (SSSR count). The van der Waals surface area contributed by atoms with Crippen molar-refractivity contribution in [2.75, 3.05) is 0 Å². The van der Waals surface area contributed by atoms with Crippen LogP contribution in [-0.2, 0) is 4.79 Å². The predicted molar refractivity (Wildman–Crippen MR) is 39.4 cm³/mol. The van der Waals surface area contributed by atoms with Crippen LogP contribution < -0.4 is 5.32 Å². The van der Waals surface area contributed by atoms with Crippen LogP contribution in [0.4, 0.5) is 5.82 Å². The minimum atomic E-state index is -1.03. The standard InChI is InChI=1S/C7H4N3O2/c11-7(12)4-3-10-6-5(4)8-1-2-9-6/h1-3H,(H,11,12). The molecule has 0 aliphatic carbocycles. The Balaban J connectivity index is 2.52. The van der Waals surface area contributed by atoms with E-state index >= 15 is 0 Å². The Morgan fingerprint density at radius 1 is 1.33 bits per heavy atom. The molecule has 0 bridgehead atoms. The highest BCUT2D eigenvalue weighted by molar-refractivity contribution is 6.17. The fourth-order valence-corrected chi connectivity index (χ4v) is 0.958. The normalized spacial score (nSPS) is 13.2. The molecule has 0 saturated carbocycles. The quantitative estimate of drug-likeness (QED) is 0.637. The zero-order chi connectivity index (χ0) is 8.55. The topological polar surface area (TPSA) is 77.2 Å². The van der Waals surface area contributed by atoms with Gasteiger partial charge in [-0.25, -0.2) is 15.1 Å². The van der Waals surface area contributed by atoms with Crippen LogP contribution in [0.3, 0.4) is 0 Å². The third-order valence-electron chi connectivity index (χ3n) is 1.48. The maximum Gasteiger partial charge on any atom is 0.339 e. The second-order valence-corrected chi connectivity index (χ2v) is 2.21. The number of aliphatic carboxylic acids is 1. The van der Waals surface area contributed by atoms with Gasteiger partial charge in [0.2, 0.25) is 0 Å². The Bertz CT molecular complexity index is 373. The van der Waals surface area contributed by atoms with Crippen molar-refractivity contribution in [3.05, 3.63) is 24.3 Å². The molecule has 0 amide bonds. The van der Waals surface area contributed by atoms with E-state index in [1.54, 1.807) is 0 Å². The molecule has 2 heterocycles. The molecule has 1 aromatic rings. The molecular formula is C7H4N3O2. The molecule has 1 aromatic heterocycles. The molecule has 1 aliphatic heterocycles. The second kappa shape index (κ2) is 2.30. The molecular weight excluding hydrogens is 158 g/mol. The van der Waals surface area contributed by atoms with Gasteiger partial charge in [0, 0.05) is 18.6 Å². The molecule has 0 atom stereocenters. The van der Waals surface area contributed by atoms with Crippen LogP contribution in [0.5, 0.6) is 0 Å². The largest absolute Gasteiger partial charge is 0.478 e. The van der Waals surface area contributed by atoms with Gasteiger partial charge >= 0.3 is 5.97 Å². The first-order chi connectivity index (χ1) is 5.79. The number of fused-ring (bicyclic) bond motifs is 1. The second-order valence-electron chi connectivity index (χ2n) is 2.21. The summed E-state index contributed by atoms with van der Waals surface area (Å²) in [5.74, 6) is -0.659. The van der Waals surface area contributed by atoms with Gasteiger partial charge in [0.25, 0.3) is 0 Å². The highest BCUT2D eigenvalue weighted by atomic mass is 16.4. The number of carboxylic acid groups (broad SMARTS) is 1. The van der Waals surface area contributed by atoms with Crippen LogP contribution in [-0.4, -0.2) is 21.0 Å². The van der Waals surface area contributed by atoms with E-state index in [0.29, 0.717) is 11.5 Å². The zero-order valence-electron chi connectivity index (χ0n) is 5.93. The van der Waals surface area contributed by atoms with Crippen LogP contribution in [0.2, 0.25) is 0 Å².